The maximum Gasteiger partial charge on any atom is 0.142 e. The van der Waals surface area contributed by atoms with Crippen molar-refractivity contribution in [2.24, 2.45) is 0 Å². The van der Waals surface area contributed by atoms with Gasteiger partial charge in [0.05, 0.1) is 12.8 Å². The molecule has 2 N–H and O–H groups in total. The van der Waals surface area contributed by atoms with Gasteiger partial charge in [-0.1, -0.05) is 78.9 Å². The second-order valence-corrected chi connectivity index (χ2v) is 5.66. The lowest BCUT2D eigenvalue weighted by Crippen LogP contribution is -2.00. The summed E-state index contributed by atoms with van der Waals surface area (Å²) >= 11 is 0. The van der Waals surface area contributed by atoms with E-state index >= 15 is 0 Å². The van der Waals surface area contributed by atoms with Crippen LogP contribution >= 0.6 is 0 Å². The van der Waals surface area contributed by atoms with E-state index in [1.165, 1.54) is 11.1 Å². The van der Waals surface area contributed by atoms with Gasteiger partial charge < -0.3 is 10.5 Å². The molecule has 0 fully saturated rings. The van der Waals surface area contributed by atoms with Gasteiger partial charge in [-0.15, -0.1) is 0 Å². The van der Waals surface area contributed by atoms with Gasteiger partial charge in [-0.25, -0.2) is 0 Å². The Morgan fingerprint density at radius 1 is 0.833 bits per heavy atom. The highest BCUT2D eigenvalue weighted by molar-refractivity contribution is 5.58. The molecule has 3 rings (SSSR count). The Hall–Kier alpha value is -3.00. The molecule has 0 radical (unpaired) electrons. The van der Waals surface area contributed by atoms with Crippen molar-refractivity contribution >= 4 is 11.8 Å². The molecule has 0 heterocycles. The summed E-state index contributed by atoms with van der Waals surface area (Å²) in [7, 11) is 1.65. The Morgan fingerprint density at radius 2 is 1.50 bits per heavy atom. The zero-order chi connectivity index (χ0) is 16.8. The van der Waals surface area contributed by atoms with Crippen molar-refractivity contribution in [2.45, 2.75) is 5.92 Å². The van der Waals surface area contributed by atoms with E-state index in [0.29, 0.717) is 11.4 Å². The van der Waals surface area contributed by atoms with Gasteiger partial charge in [0, 0.05) is 5.92 Å². The first-order valence-electron chi connectivity index (χ1n) is 7.99. The number of methoxy groups -OCH3 is 1. The summed E-state index contributed by atoms with van der Waals surface area (Å²) in [5.74, 6) is 0.849. The van der Waals surface area contributed by atoms with E-state index in [2.05, 4.69) is 54.6 Å². The largest absolute Gasteiger partial charge is 0.495 e. The van der Waals surface area contributed by atoms with Crippen molar-refractivity contribution in [2.75, 3.05) is 12.8 Å². The number of allylic oxidation sites excluding steroid dienone is 1. The standard InChI is InChI=1S/C22H21NO/c1-24-22-16-19(13-15-21(22)23)20(18-10-6-3-7-11-18)14-12-17-8-4-2-5-9-17/h2-16,20H,23H2,1H3/b14-12+. The zero-order valence-electron chi connectivity index (χ0n) is 13.7. The van der Waals surface area contributed by atoms with Gasteiger partial charge in [0.2, 0.25) is 0 Å². The summed E-state index contributed by atoms with van der Waals surface area (Å²) in [6, 6.07) is 26.7. The van der Waals surface area contributed by atoms with Crippen LogP contribution in [0.3, 0.4) is 0 Å². The molecule has 3 aromatic rings. The SMILES string of the molecule is COc1cc(C(/C=C/c2ccccc2)c2ccccc2)ccc1N. The third-order valence-electron chi connectivity index (χ3n) is 4.06. The molecule has 1 unspecified atom stereocenters. The third kappa shape index (κ3) is 3.66. The molecule has 1 atom stereocenters. The molecule has 0 spiro atoms. The monoisotopic (exact) mass is 315 g/mol. The van der Waals surface area contributed by atoms with Crippen molar-refractivity contribution in [3.8, 4) is 5.75 Å². The highest BCUT2D eigenvalue weighted by Gasteiger charge is 2.13. The fraction of sp³-hybridized carbons (Fsp3) is 0.0909. The second kappa shape index (κ2) is 7.51. The third-order valence-corrected chi connectivity index (χ3v) is 4.06. The number of nitrogens with two attached hydrogens (primary N) is 1. The number of benzene rings is 3. The molecule has 2 heteroatoms. The van der Waals surface area contributed by atoms with Gasteiger partial charge in [-0.3, -0.25) is 0 Å². The fourth-order valence-electron chi connectivity index (χ4n) is 2.77. The summed E-state index contributed by atoms with van der Waals surface area (Å²) in [5.41, 5.74) is 10.2. The van der Waals surface area contributed by atoms with E-state index in [-0.39, 0.29) is 5.92 Å². The molecule has 0 aliphatic rings. The van der Waals surface area contributed by atoms with E-state index in [1.54, 1.807) is 7.11 Å². The number of hydrogen-bond donors (Lipinski definition) is 1. The molecule has 120 valence electrons. The molecule has 0 aromatic heterocycles. The van der Waals surface area contributed by atoms with Gasteiger partial charge in [-0.2, -0.15) is 0 Å². The van der Waals surface area contributed by atoms with E-state index in [1.807, 2.05) is 36.4 Å². The van der Waals surface area contributed by atoms with Crippen LogP contribution in [0.5, 0.6) is 5.75 Å². The Morgan fingerprint density at radius 3 is 2.17 bits per heavy atom. The first-order valence-corrected chi connectivity index (χ1v) is 7.99. The quantitative estimate of drug-likeness (QED) is 0.663. The lowest BCUT2D eigenvalue weighted by atomic mass is 9.90. The molecule has 0 aliphatic heterocycles. The summed E-state index contributed by atoms with van der Waals surface area (Å²) < 4.78 is 5.39. The van der Waals surface area contributed by atoms with Crippen molar-refractivity contribution in [3.63, 3.8) is 0 Å². The van der Waals surface area contributed by atoms with Crippen LogP contribution in [0.4, 0.5) is 5.69 Å². The second-order valence-electron chi connectivity index (χ2n) is 5.66. The molecule has 3 aromatic carbocycles. The van der Waals surface area contributed by atoms with Crippen LogP contribution in [0.1, 0.15) is 22.6 Å². The van der Waals surface area contributed by atoms with Crippen LogP contribution in [-0.4, -0.2) is 7.11 Å². The average Bonchev–Trinajstić information content (AvgIpc) is 2.65. The van der Waals surface area contributed by atoms with Crippen LogP contribution in [0.2, 0.25) is 0 Å². The molecule has 0 aliphatic carbocycles. The molecular formula is C22H21NO. The van der Waals surface area contributed by atoms with Crippen molar-refractivity contribution in [3.05, 3.63) is 102 Å². The minimum absolute atomic E-state index is 0.140. The molecule has 0 amide bonds. The Labute approximate surface area is 143 Å². The van der Waals surface area contributed by atoms with Crippen molar-refractivity contribution in [1.29, 1.82) is 0 Å². The molecule has 0 saturated carbocycles. The Bertz CT molecular complexity index is 810. The number of rotatable bonds is 5. The number of nitrogen functional groups attached to an aromatic ring is 1. The minimum atomic E-state index is 0.140. The maximum atomic E-state index is 5.96. The lowest BCUT2D eigenvalue weighted by molar-refractivity contribution is 0.416. The molecular weight excluding hydrogens is 294 g/mol. The zero-order valence-corrected chi connectivity index (χ0v) is 13.7. The van der Waals surface area contributed by atoms with Gasteiger partial charge in [0.25, 0.3) is 0 Å². The van der Waals surface area contributed by atoms with Gasteiger partial charge in [0.15, 0.2) is 0 Å². The van der Waals surface area contributed by atoms with Crippen LogP contribution in [0, 0.1) is 0 Å². The van der Waals surface area contributed by atoms with Crippen LogP contribution < -0.4 is 10.5 Å². The smallest absolute Gasteiger partial charge is 0.142 e. The average molecular weight is 315 g/mol. The molecule has 0 saturated heterocycles. The summed E-state index contributed by atoms with van der Waals surface area (Å²) in [6.07, 6.45) is 4.37. The predicted molar refractivity (Wildman–Crippen MR) is 101 cm³/mol. The van der Waals surface area contributed by atoms with Crippen LogP contribution in [-0.2, 0) is 0 Å². The van der Waals surface area contributed by atoms with Crippen molar-refractivity contribution in [1.82, 2.24) is 0 Å². The molecule has 0 bridgehead atoms. The minimum Gasteiger partial charge on any atom is -0.495 e. The molecule has 24 heavy (non-hydrogen) atoms. The topological polar surface area (TPSA) is 35.2 Å². The lowest BCUT2D eigenvalue weighted by Gasteiger charge is -2.16. The summed E-state index contributed by atoms with van der Waals surface area (Å²) in [6.45, 7) is 0. The Balaban J connectivity index is 2.01. The summed E-state index contributed by atoms with van der Waals surface area (Å²) in [4.78, 5) is 0. The summed E-state index contributed by atoms with van der Waals surface area (Å²) in [5, 5.41) is 0. The van der Waals surface area contributed by atoms with E-state index in [0.717, 1.165) is 5.56 Å². The maximum absolute atomic E-state index is 5.96. The Kier molecular flexibility index (Phi) is 4.97. The number of hydrogen-bond acceptors (Lipinski definition) is 2. The van der Waals surface area contributed by atoms with Crippen LogP contribution in [0.25, 0.3) is 6.08 Å². The van der Waals surface area contributed by atoms with E-state index in [4.69, 9.17) is 10.5 Å². The number of ether oxygens (including phenoxy) is 1. The molecule has 2 nitrogen and oxygen atoms in total. The van der Waals surface area contributed by atoms with E-state index < -0.39 is 0 Å². The van der Waals surface area contributed by atoms with Gasteiger partial charge >= 0.3 is 0 Å². The first kappa shape index (κ1) is 15.9. The number of anilines is 1. The van der Waals surface area contributed by atoms with Crippen molar-refractivity contribution < 1.29 is 4.74 Å². The van der Waals surface area contributed by atoms with Crippen LogP contribution in [0.15, 0.2) is 84.9 Å². The highest BCUT2D eigenvalue weighted by atomic mass is 16.5. The van der Waals surface area contributed by atoms with Gasteiger partial charge in [0.1, 0.15) is 5.75 Å². The highest BCUT2D eigenvalue weighted by Crippen LogP contribution is 2.32. The normalized spacial score (nSPS) is 12.2. The van der Waals surface area contributed by atoms with Gasteiger partial charge in [-0.05, 0) is 28.8 Å². The first-order chi connectivity index (χ1) is 11.8. The fourth-order valence-corrected chi connectivity index (χ4v) is 2.77. The predicted octanol–water partition coefficient (Wildman–Crippen LogP) is 5.12. The van der Waals surface area contributed by atoms with E-state index in [9.17, 15) is 0 Å².